The van der Waals surface area contributed by atoms with Gasteiger partial charge in [-0.2, -0.15) is 0 Å². The Morgan fingerprint density at radius 2 is 1.74 bits per heavy atom. The van der Waals surface area contributed by atoms with Gasteiger partial charge in [-0.3, -0.25) is 0 Å². The number of piperazine rings is 1. The van der Waals surface area contributed by atoms with E-state index < -0.39 is 0 Å². The Morgan fingerprint density at radius 3 is 2.39 bits per heavy atom. The molecule has 0 N–H and O–H groups in total. The van der Waals surface area contributed by atoms with Crippen molar-refractivity contribution in [1.29, 1.82) is 0 Å². The Bertz CT molecular complexity index is 494. The summed E-state index contributed by atoms with van der Waals surface area (Å²) in [5, 5.41) is 0. The Morgan fingerprint density at radius 1 is 1.04 bits per heavy atom. The van der Waals surface area contributed by atoms with E-state index in [1.165, 1.54) is 44.7 Å². The summed E-state index contributed by atoms with van der Waals surface area (Å²) in [7, 11) is 2.23. The van der Waals surface area contributed by atoms with E-state index in [0.717, 1.165) is 19.4 Å². The molecule has 0 aliphatic carbocycles. The lowest BCUT2D eigenvalue weighted by atomic mass is 9.67. The van der Waals surface area contributed by atoms with E-state index in [0.29, 0.717) is 0 Å². The van der Waals surface area contributed by atoms with Crippen LogP contribution < -0.4 is 0 Å². The highest BCUT2D eigenvalue weighted by molar-refractivity contribution is 5.27. The standard InChI is InChI=1S/C20H32N2O/c1-19(2)17-20(10-16-23-19,18-7-5-4-6-8-18)9-11-22-14-12-21(3)13-15-22/h4-8H,9-17H2,1-3H3/t20-/m0/s1. The minimum absolute atomic E-state index is 0.0177. The van der Waals surface area contributed by atoms with Gasteiger partial charge < -0.3 is 14.5 Å². The van der Waals surface area contributed by atoms with Crippen LogP contribution in [-0.4, -0.2) is 61.8 Å². The predicted molar refractivity (Wildman–Crippen MR) is 95.9 cm³/mol. The molecule has 0 bridgehead atoms. The molecule has 1 atom stereocenters. The first-order valence-electron chi connectivity index (χ1n) is 9.10. The first-order chi connectivity index (χ1) is 11.0. The van der Waals surface area contributed by atoms with Crippen molar-refractivity contribution in [1.82, 2.24) is 9.80 Å². The van der Waals surface area contributed by atoms with Crippen LogP contribution in [0.5, 0.6) is 0 Å². The zero-order chi connectivity index (χ0) is 16.3. The van der Waals surface area contributed by atoms with Crippen molar-refractivity contribution in [3.63, 3.8) is 0 Å². The van der Waals surface area contributed by atoms with Gasteiger partial charge in [0.2, 0.25) is 0 Å². The molecule has 3 rings (SSSR count). The normalized spacial score (nSPS) is 29.5. The van der Waals surface area contributed by atoms with Gasteiger partial charge in [0.25, 0.3) is 0 Å². The van der Waals surface area contributed by atoms with E-state index in [2.05, 4.69) is 61.0 Å². The van der Waals surface area contributed by atoms with Crippen LogP contribution in [0.25, 0.3) is 0 Å². The lowest BCUT2D eigenvalue weighted by Gasteiger charge is -2.46. The molecule has 1 aromatic rings. The second-order valence-electron chi connectivity index (χ2n) is 8.08. The van der Waals surface area contributed by atoms with Gasteiger partial charge in [0.05, 0.1) is 5.60 Å². The monoisotopic (exact) mass is 316 g/mol. The topological polar surface area (TPSA) is 15.7 Å². The van der Waals surface area contributed by atoms with E-state index in [1.807, 2.05) is 0 Å². The average Bonchev–Trinajstić information content (AvgIpc) is 2.54. The number of hydrogen-bond acceptors (Lipinski definition) is 3. The van der Waals surface area contributed by atoms with E-state index in [9.17, 15) is 0 Å². The van der Waals surface area contributed by atoms with Gasteiger partial charge in [0.1, 0.15) is 0 Å². The first-order valence-corrected chi connectivity index (χ1v) is 9.10. The van der Waals surface area contributed by atoms with Gasteiger partial charge in [-0.05, 0) is 52.3 Å². The van der Waals surface area contributed by atoms with Crippen LogP contribution in [0, 0.1) is 0 Å². The summed E-state index contributed by atoms with van der Waals surface area (Å²) in [6.45, 7) is 11.4. The van der Waals surface area contributed by atoms with Crippen molar-refractivity contribution in [3.05, 3.63) is 35.9 Å². The molecule has 2 aliphatic rings. The minimum atomic E-state index is -0.0177. The zero-order valence-corrected chi connectivity index (χ0v) is 15.1. The molecule has 0 spiro atoms. The molecular weight excluding hydrogens is 284 g/mol. The predicted octanol–water partition coefficient (Wildman–Crippen LogP) is 3.15. The maximum atomic E-state index is 6.03. The average molecular weight is 316 g/mol. The largest absolute Gasteiger partial charge is 0.376 e. The molecule has 2 saturated heterocycles. The minimum Gasteiger partial charge on any atom is -0.376 e. The molecule has 0 aromatic heterocycles. The SMILES string of the molecule is CN1CCN(CC[C@]2(c3ccccc3)CCOC(C)(C)C2)CC1. The van der Waals surface area contributed by atoms with Crippen LogP contribution in [0.15, 0.2) is 30.3 Å². The number of hydrogen-bond donors (Lipinski definition) is 0. The highest BCUT2D eigenvalue weighted by atomic mass is 16.5. The zero-order valence-electron chi connectivity index (χ0n) is 15.1. The number of benzene rings is 1. The van der Waals surface area contributed by atoms with Crippen LogP contribution in [0.3, 0.4) is 0 Å². The Balaban J connectivity index is 1.73. The molecule has 128 valence electrons. The summed E-state index contributed by atoms with van der Waals surface area (Å²) < 4.78 is 6.03. The molecule has 1 aromatic carbocycles. The van der Waals surface area contributed by atoms with Crippen molar-refractivity contribution in [2.24, 2.45) is 0 Å². The van der Waals surface area contributed by atoms with Crippen molar-refractivity contribution in [3.8, 4) is 0 Å². The van der Waals surface area contributed by atoms with Crippen LogP contribution in [0.2, 0.25) is 0 Å². The summed E-state index contributed by atoms with van der Waals surface area (Å²) in [5.41, 5.74) is 1.76. The molecule has 0 amide bonds. The summed E-state index contributed by atoms with van der Waals surface area (Å²) in [6, 6.07) is 11.2. The van der Waals surface area contributed by atoms with Crippen molar-refractivity contribution < 1.29 is 4.74 Å². The quantitative estimate of drug-likeness (QED) is 0.849. The van der Waals surface area contributed by atoms with Crippen molar-refractivity contribution in [2.75, 3.05) is 46.4 Å². The number of likely N-dealkylation sites (N-methyl/N-ethyl adjacent to an activating group) is 1. The van der Waals surface area contributed by atoms with Crippen LogP contribution in [-0.2, 0) is 10.2 Å². The second-order valence-corrected chi connectivity index (χ2v) is 8.08. The van der Waals surface area contributed by atoms with Crippen LogP contribution in [0.4, 0.5) is 0 Å². The van der Waals surface area contributed by atoms with Gasteiger partial charge in [0.15, 0.2) is 0 Å². The summed E-state index contributed by atoms with van der Waals surface area (Å²) in [4.78, 5) is 5.08. The highest BCUT2D eigenvalue weighted by Gasteiger charge is 2.42. The van der Waals surface area contributed by atoms with Gasteiger partial charge in [0, 0.05) is 38.2 Å². The maximum Gasteiger partial charge on any atom is 0.0635 e. The molecule has 3 nitrogen and oxygen atoms in total. The molecule has 2 fully saturated rings. The first kappa shape index (κ1) is 16.9. The van der Waals surface area contributed by atoms with Crippen molar-refractivity contribution >= 4 is 0 Å². The lowest BCUT2D eigenvalue weighted by Crippen LogP contribution is -2.48. The molecule has 23 heavy (non-hydrogen) atoms. The van der Waals surface area contributed by atoms with E-state index in [4.69, 9.17) is 4.74 Å². The summed E-state index contributed by atoms with van der Waals surface area (Å²) in [5.74, 6) is 0. The molecule has 2 aliphatic heterocycles. The van der Waals surface area contributed by atoms with Gasteiger partial charge in [-0.1, -0.05) is 30.3 Å². The summed E-state index contributed by atoms with van der Waals surface area (Å²) in [6.07, 6.45) is 3.51. The lowest BCUT2D eigenvalue weighted by molar-refractivity contribution is -0.0856. The van der Waals surface area contributed by atoms with Gasteiger partial charge >= 0.3 is 0 Å². The molecule has 0 unspecified atom stereocenters. The Hall–Kier alpha value is -0.900. The van der Waals surface area contributed by atoms with Crippen molar-refractivity contribution in [2.45, 2.75) is 44.1 Å². The third kappa shape index (κ3) is 4.14. The fraction of sp³-hybridized carbons (Fsp3) is 0.700. The fourth-order valence-corrected chi connectivity index (χ4v) is 4.32. The smallest absolute Gasteiger partial charge is 0.0635 e. The molecule has 0 radical (unpaired) electrons. The number of nitrogens with zero attached hydrogens (tertiary/aromatic N) is 2. The number of ether oxygens (including phenoxy) is 1. The van der Waals surface area contributed by atoms with Crippen LogP contribution >= 0.6 is 0 Å². The second kappa shape index (κ2) is 6.92. The van der Waals surface area contributed by atoms with E-state index >= 15 is 0 Å². The fourth-order valence-electron chi connectivity index (χ4n) is 4.32. The maximum absolute atomic E-state index is 6.03. The third-order valence-electron chi connectivity index (χ3n) is 5.73. The molecular formula is C20H32N2O. The number of rotatable bonds is 4. The van der Waals surface area contributed by atoms with Gasteiger partial charge in [-0.15, -0.1) is 0 Å². The van der Waals surface area contributed by atoms with Gasteiger partial charge in [-0.25, -0.2) is 0 Å². The Kier molecular flexibility index (Phi) is 5.10. The van der Waals surface area contributed by atoms with Crippen LogP contribution in [0.1, 0.15) is 38.7 Å². The molecule has 3 heteroatoms. The molecule has 0 saturated carbocycles. The summed E-state index contributed by atoms with van der Waals surface area (Å²) >= 11 is 0. The van der Waals surface area contributed by atoms with E-state index in [1.54, 1.807) is 0 Å². The highest BCUT2D eigenvalue weighted by Crippen LogP contribution is 2.44. The molecule has 2 heterocycles. The third-order valence-corrected chi connectivity index (χ3v) is 5.73. The van der Waals surface area contributed by atoms with E-state index in [-0.39, 0.29) is 11.0 Å². The Labute approximate surface area is 141 Å².